The van der Waals surface area contributed by atoms with E-state index in [0.717, 1.165) is 4.68 Å². The average molecular weight is 343 g/mol. The quantitative estimate of drug-likeness (QED) is 0.894. The molecule has 2 aromatic rings. The van der Waals surface area contributed by atoms with Gasteiger partial charge in [0.05, 0.1) is 7.11 Å². The molecule has 0 aliphatic rings. The van der Waals surface area contributed by atoms with Crippen molar-refractivity contribution in [2.75, 3.05) is 12.4 Å². The highest BCUT2D eigenvalue weighted by molar-refractivity contribution is 5.89. The smallest absolute Gasteiger partial charge is 0.435 e. The number of amides is 2. The number of halogens is 3. The van der Waals surface area contributed by atoms with Crippen molar-refractivity contribution in [1.82, 2.24) is 20.1 Å². The summed E-state index contributed by atoms with van der Waals surface area (Å²) in [6, 6.07) is 2.62. The second kappa shape index (κ2) is 6.77. The topological polar surface area (TPSA) is 81.1 Å². The fraction of sp³-hybridized carbons (Fsp3) is 0.357. The van der Waals surface area contributed by atoms with Gasteiger partial charge >= 0.3 is 12.2 Å². The first-order valence-corrected chi connectivity index (χ1v) is 6.87. The Morgan fingerprint density at radius 3 is 2.71 bits per heavy atom. The predicted octanol–water partition coefficient (Wildman–Crippen LogP) is 2.47. The summed E-state index contributed by atoms with van der Waals surface area (Å²) in [4.78, 5) is 16.0. The molecule has 0 radical (unpaired) electrons. The van der Waals surface area contributed by atoms with Gasteiger partial charge in [-0.1, -0.05) is 0 Å². The Labute approximate surface area is 135 Å². The highest BCUT2D eigenvalue weighted by Gasteiger charge is 2.36. The van der Waals surface area contributed by atoms with Gasteiger partial charge in [0.25, 0.3) is 0 Å². The minimum absolute atomic E-state index is 0.135. The van der Waals surface area contributed by atoms with Crippen molar-refractivity contribution in [3.63, 3.8) is 0 Å². The summed E-state index contributed by atoms with van der Waals surface area (Å²) < 4.78 is 44.6. The molecule has 0 bridgehead atoms. The van der Waals surface area contributed by atoms with Gasteiger partial charge in [-0.2, -0.15) is 18.3 Å². The van der Waals surface area contributed by atoms with Crippen LogP contribution in [-0.2, 0) is 19.8 Å². The molecule has 0 aromatic carbocycles. The molecule has 2 heterocycles. The number of ether oxygens (including phenoxy) is 1. The molecule has 0 aliphatic carbocycles. The minimum Gasteiger partial charge on any atom is -0.493 e. The van der Waals surface area contributed by atoms with Crippen molar-refractivity contribution >= 4 is 11.8 Å². The van der Waals surface area contributed by atoms with Crippen LogP contribution in [0.25, 0.3) is 0 Å². The number of hydrogen-bond donors (Lipinski definition) is 2. The molecule has 2 N–H and O–H groups in total. The predicted molar refractivity (Wildman–Crippen MR) is 79.6 cm³/mol. The highest BCUT2D eigenvalue weighted by atomic mass is 19.4. The van der Waals surface area contributed by atoms with Gasteiger partial charge in [0, 0.05) is 31.0 Å². The second-order valence-electron chi connectivity index (χ2n) is 4.99. The number of nitrogens with zero attached hydrogens (tertiary/aromatic N) is 3. The van der Waals surface area contributed by atoms with Crippen LogP contribution in [0.15, 0.2) is 18.3 Å². The van der Waals surface area contributed by atoms with Crippen LogP contribution in [0.1, 0.15) is 17.0 Å². The summed E-state index contributed by atoms with van der Waals surface area (Å²) in [6.45, 7) is 1.40. The number of alkyl halides is 3. The number of aryl methyl sites for hydroxylation is 2. The zero-order chi connectivity index (χ0) is 17.9. The lowest BCUT2D eigenvalue weighted by Gasteiger charge is -2.11. The summed E-state index contributed by atoms with van der Waals surface area (Å²) in [7, 11) is 2.79. The molecular weight excluding hydrogens is 327 g/mol. The number of aromatic nitrogens is 3. The van der Waals surface area contributed by atoms with Gasteiger partial charge in [-0.05, 0) is 19.1 Å². The number of methoxy groups -OCH3 is 1. The van der Waals surface area contributed by atoms with Crippen molar-refractivity contribution in [3.05, 3.63) is 35.3 Å². The molecular formula is C14H16F3N5O2. The van der Waals surface area contributed by atoms with Crippen LogP contribution in [0.3, 0.4) is 0 Å². The molecule has 2 rings (SSSR count). The van der Waals surface area contributed by atoms with E-state index in [1.165, 1.54) is 20.4 Å². The fourth-order valence-electron chi connectivity index (χ4n) is 2.03. The summed E-state index contributed by atoms with van der Waals surface area (Å²) >= 11 is 0. The van der Waals surface area contributed by atoms with E-state index < -0.39 is 17.9 Å². The van der Waals surface area contributed by atoms with Crippen molar-refractivity contribution in [2.45, 2.75) is 19.6 Å². The lowest BCUT2D eigenvalue weighted by Crippen LogP contribution is -2.29. The molecule has 0 unspecified atom stereocenters. The van der Waals surface area contributed by atoms with Crippen molar-refractivity contribution in [3.8, 4) is 5.75 Å². The van der Waals surface area contributed by atoms with E-state index >= 15 is 0 Å². The maximum atomic E-state index is 12.8. The Bertz CT molecular complexity index is 742. The van der Waals surface area contributed by atoms with Gasteiger partial charge in [-0.15, -0.1) is 0 Å². The zero-order valence-electron chi connectivity index (χ0n) is 13.2. The van der Waals surface area contributed by atoms with Gasteiger partial charge in [0.15, 0.2) is 17.3 Å². The van der Waals surface area contributed by atoms with Crippen molar-refractivity contribution in [1.29, 1.82) is 0 Å². The van der Waals surface area contributed by atoms with E-state index in [-0.39, 0.29) is 17.9 Å². The molecule has 2 amide bonds. The van der Waals surface area contributed by atoms with Crippen LogP contribution in [0.4, 0.5) is 23.8 Å². The third-order valence-electron chi connectivity index (χ3n) is 3.06. The number of pyridine rings is 1. The first-order chi connectivity index (χ1) is 11.2. The Morgan fingerprint density at radius 1 is 1.38 bits per heavy atom. The van der Waals surface area contributed by atoms with E-state index in [2.05, 4.69) is 20.7 Å². The van der Waals surface area contributed by atoms with E-state index in [9.17, 15) is 18.0 Å². The van der Waals surface area contributed by atoms with Crippen LogP contribution < -0.4 is 15.4 Å². The number of carbonyl (C=O) groups excluding carboxylic acids is 1. The van der Waals surface area contributed by atoms with Crippen LogP contribution in [0.5, 0.6) is 5.75 Å². The van der Waals surface area contributed by atoms with Gasteiger partial charge in [0.1, 0.15) is 0 Å². The lowest BCUT2D eigenvalue weighted by molar-refractivity contribution is -0.142. The Hall–Kier alpha value is -2.78. The van der Waals surface area contributed by atoms with Crippen LogP contribution >= 0.6 is 0 Å². The molecule has 130 valence electrons. The van der Waals surface area contributed by atoms with Gasteiger partial charge < -0.3 is 10.1 Å². The molecule has 0 aliphatic heterocycles. The molecule has 24 heavy (non-hydrogen) atoms. The molecule has 0 spiro atoms. The molecule has 10 heteroatoms. The minimum atomic E-state index is -4.59. The van der Waals surface area contributed by atoms with Crippen molar-refractivity contribution < 1.29 is 22.7 Å². The van der Waals surface area contributed by atoms with Gasteiger partial charge in [-0.3, -0.25) is 10.00 Å². The molecule has 0 fully saturated rings. The van der Waals surface area contributed by atoms with E-state index in [4.69, 9.17) is 4.74 Å². The first kappa shape index (κ1) is 17.6. The fourth-order valence-corrected chi connectivity index (χ4v) is 2.03. The van der Waals surface area contributed by atoms with E-state index in [1.807, 2.05) is 0 Å². The molecule has 7 nitrogen and oxygen atoms in total. The van der Waals surface area contributed by atoms with Crippen LogP contribution in [-0.4, -0.2) is 27.9 Å². The third kappa shape index (κ3) is 4.15. The summed E-state index contributed by atoms with van der Waals surface area (Å²) in [5.41, 5.74) is -0.515. The number of carbonyl (C=O) groups is 1. The summed E-state index contributed by atoms with van der Waals surface area (Å²) in [5.74, 6) is 0.519. The Kier molecular flexibility index (Phi) is 4.96. The lowest BCUT2D eigenvalue weighted by atomic mass is 10.2. The average Bonchev–Trinajstić information content (AvgIpc) is 2.87. The number of rotatable bonds is 4. The third-order valence-corrected chi connectivity index (χ3v) is 3.06. The maximum absolute atomic E-state index is 12.8. The zero-order valence-corrected chi connectivity index (χ0v) is 13.2. The van der Waals surface area contributed by atoms with E-state index in [0.29, 0.717) is 11.4 Å². The van der Waals surface area contributed by atoms with Crippen LogP contribution in [0, 0.1) is 6.92 Å². The largest absolute Gasteiger partial charge is 0.493 e. The monoisotopic (exact) mass is 343 g/mol. The second-order valence-corrected chi connectivity index (χ2v) is 4.99. The normalized spacial score (nSPS) is 11.2. The number of urea groups is 1. The molecule has 0 saturated carbocycles. The molecule has 0 saturated heterocycles. The van der Waals surface area contributed by atoms with Gasteiger partial charge in [-0.25, -0.2) is 9.78 Å². The standard InChI is InChI=1S/C14H16F3N5O2/c1-8-4-5-10(24-3)12(19-8)20-13(23)18-6-9-7-22(2)21-11(9)14(15,16)17/h4-5,7H,6H2,1-3H3,(H2,18,19,20,23). The molecule has 0 atom stereocenters. The molecule has 2 aromatic heterocycles. The van der Waals surface area contributed by atoms with Crippen LogP contribution in [0.2, 0.25) is 0 Å². The summed E-state index contributed by atoms with van der Waals surface area (Å²) in [5, 5.41) is 8.16. The Morgan fingerprint density at radius 2 is 2.08 bits per heavy atom. The SMILES string of the molecule is COc1ccc(C)nc1NC(=O)NCc1cn(C)nc1C(F)(F)F. The maximum Gasteiger partial charge on any atom is 0.435 e. The first-order valence-electron chi connectivity index (χ1n) is 6.87. The number of nitrogens with one attached hydrogen (secondary N) is 2. The number of hydrogen-bond acceptors (Lipinski definition) is 4. The number of anilines is 1. The summed E-state index contributed by atoms with van der Waals surface area (Å²) in [6.07, 6.45) is -3.38. The Balaban J connectivity index is 2.06. The van der Waals surface area contributed by atoms with E-state index in [1.54, 1.807) is 19.1 Å². The highest BCUT2D eigenvalue weighted by Crippen LogP contribution is 2.30. The van der Waals surface area contributed by atoms with Crippen molar-refractivity contribution in [2.24, 2.45) is 7.05 Å². The van der Waals surface area contributed by atoms with Gasteiger partial charge in [0.2, 0.25) is 0 Å².